The number of aliphatic hydroxyl groups is 1. The summed E-state index contributed by atoms with van der Waals surface area (Å²) in [4.78, 5) is 12.3. The van der Waals surface area contributed by atoms with Gasteiger partial charge in [-0.05, 0) is 41.3 Å². The Hall–Kier alpha value is -2.79. The van der Waals surface area contributed by atoms with Crippen LogP contribution in [0.5, 0.6) is 11.5 Å². The first-order chi connectivity index (χ1) is 12.5. The summed E-state index contributed by atoms with van der Waals surface area (Å²) < 4.78 is 15.9. The molecule has 0 aliphatic heterocycles. The first-order valence-electron chi connectivity index (χ1n) is 8.45. The molecule has 0 fully saturated rings. The van der Waals surface area contributed by atoms with E-state index in [9.17, 15) is 9.90 Å². The molecule has 5 nitrogen and oxygen atoms in total. The molecule has 1 N–H and O–H groups in total. The highest BCUT2D eigenvalue weighted by Crippen LogP contribution is 2.44. The predicted octanol–water partition coefficient (Wildman–Crippen LogP) is 3.38. The van der Waals surface area contributed by atoms with E-state index in [4.69, 9.17) is 14.2 Å². The zero-order valence-electron chi connectivity index (χ0n) is 15.1. The average molecular weight is 354 g/mol. The van der Waals surface area contributed by atoms with Crippen molar-refractivity contribution < 1.29 is 24.1 Å². The zero-order chi connectivity index (χ0) is 18.7. The molecule has 5 heteroatoms. The lowest BCUT2D eigenvalue weighted by molar-refractivity contribution is -0.147. The minimum atomic E-state index is -1.54. The SMILES string of the molecule is CCOC(=O)CC1(O)c2ccccc2C=Cc2cc(OC)c(OC)cc21. The van der Waals surface area contributed by atoms with Crippen LogP contribution in [0.15, 0.2) is 36.4 Å². The van der Waals surface area contributed by atoms with E-state index in [-0.39, 0.29) is 13.0 Å². The fourth-order valence-electron chi connectivity index (χ4n) is 3.35. The van der Waals surface area contributed by atoms with Crippen molar-refractivity contribution in [3.63, 3.8) is 0 Å². The third-order valence-corrected chi connectivity index (χ3v) is 4.56. The number of benzene rings is 2. The van der Waals surface area contributed by atoms with Gasteiger partial charge in [0.1, 0.15) is 5.60 Å². The van der Waals surface area contributed by atoms with Crippen molar-refractivity contribution in [1.29, 1.82) is 0 Å². The topological polar surface area (TPSA) is 65.0 Å². The summed E-state index contributed by atoms with van der Waals surface area (Å²) in [6.07, 6.45) is 3.63. The number of rotatable bonds is 5. The Morgan fingerprint density at radius 3 is 2.35 bits per heavy atom. The van der Waals surface area contributed by atoms with Gasteiger partial charge in [0, 0.05) is 0 Å². The second-order valence-corrected chi connectivity index (χ2v) is 6.06. The van der Waals surface area contributed by atoms with Gasteiger partial charge in [0.05, 0.1) is 27.2 Å². The quantitative estimate of drug-likeness (QED) is 0.834. The van der Waals surface area contributed by atoms with Crippen LogP contribution >= 0.6 is 0 Å². The van der Waals surface area contributed by atoms with Crippen molar-refractivity contribution in [3.8, 4) is 11.5 Å². The zero-order valence-corrected chi connectivity index (χ0v) is 15.1. The molecule has 0 saturated heterocycles. The second kappa shape index (κ2) is 7.22. The Bertz CT molecular complexity index is 855. The van der Waals surface area contributed by atoms with Crippen LogP contribution in [0.2, 0.25) is 0 Å². The maximum absolute atomic E-state index is 12.3. The highest BCUT2D eigenvalue weighted by atomic mass is 16.5. The molecule has 1 aliphatic rings. The van der Waals surface area contributed by atoms with Crippen molar-refractivity contribution in [2.24, 2.45) is 0 Å². The number of ether oxygens (including phenoxy) is 3. The van der Waals surface area contributed by atoms with Crippen LogP contribution in [0.4, 0.5) is 0 Å². The van der Waals surface area contributed by atoms with Gasteiger partial charge in [0.15, 0.2) is 11.5 Å². The molecule has 0 aromatic heterocycles. The first-order valence-corrected chi connectivity index (χ1v) is 8.45. The van der Waals surface area contributed by atoms with Crippen LogP contribution in [0.1, 0.15) is 35.6 Å². The summed E-state index contributed by atoms with van der Waals surface area (Å²) in [5.41, 5.74) is 1.28. The van der Waals surface area contributed by atoms with E-state index >= 15 is 0 Å². The van der Waals surface area contributed by atoms with Crippen LogP contribution in [0.25, 0.3) is 12.2 Å². The highest BCUT2D eigenvalue weighted by molar-refractivity contribution is 5.81. The summed E-state index contributed by atoms with van der Waals surface area (Å²) in [5.74, 6) is 0.578. The summed E-state index contributed by atoms with van der Waals surface area (Å²) in [5, 5.41) is 11.7. The average Bonchev–Trinajstić information content (AvgIpc) is 2.76. The minimum Gasteiger partial charge on any atom is -0.493 e. The Balaban J connectivity index is 2.25. The van der Waals surface area contributed by atoms with Crippen LogP contribution in [0.3, 0.4) is 0 Å². The second-order valence-electron chi connectivity index (χ2n) is 6.06. The molecular formula is C21H22O5. The summed E-state index contributed by atoms with van der Waals surface area (Å²) in [6.45, 7) is 2.00. The van der Waals surface area contributed by atoms with Crippen molar-refractivity contribution in [2.75, 3.05) is 20.8 Å². The van der Waals surface area contributed by atoms with Gasteiger partial charge in [-0.25, -0.2) is 0 Å². The van der Waals surface area contributed by atoms with Gasteiger partial charge in [-0.2, -0.15) is 0 Å². The van der Waals surface area contributed by atoms with Crippen LogP contribution in [-0.4, -0.2) is 31.9 Å². The van der Waals surface area contributed by atoms with Crippen molar-refractivity contribution in [3.05, 3.63) is 58.7 Å². The molecule has 1 atom stereocenters. The Morgan fingerprint density at radius 1 is 1.00 bits per heavy atom. The van der Waals surface area contributed by atoms with Crippen molar-refractivity contribution in [2.45, 2.75) is 18.9 Å². The molecule has 1 aliphatic carbocycles. The number of methoxy groups -OCH3 is 2. The summed E-state index contributed by atoms with van der Waals surface area (Å²) >= 11 is 0. The lowest BCUT2D eigenvalue weighted by Gasteiger charge is -2.30. The molecule has 3 rings (SSSR count). The molecule has 2 aromatic carbocycles. The molecule has 0 bridgehead atoms. The molecule has 0 amide bonds. The maximum Gasteiger partial charge on any atom is 0.309 e. The molecule has 1 unspecified atom stereocenters. The van der Waals surface area contributed by atoms with Gasteiger partial charge < -0.3 is 19.3 Å². The van der Waals surface area contributed by atoms with E-state index in [1.54, 1.807) is 26.2 Å². The van der Waals surface area contributed by atoms with Gasteiger partial charge in [-0.3, -0.25) is 4.79 Å². The number of hydrogen-bond donors (Lipinski definition) is 1. The third kappa shape index (κ3) is 3.06. The van der Waals surface area contributed by atoms with Gasteiger partial charge in [-0.1, -0.05) is 36.4 Å². The van der Waals surface area contributed by atoms with Crippen molar-refractivity contribution >= 4 is 18.1 Å². The van der Waals surface area contributed by atoms with E-state index in [0.717, 1.165) is 11.1 Å². The Morgan fingerprint density at radius 2 is 1.65 bits per heavy atom. The smallest absolute Gasteiger partial charge is 0.309 e. The number of hydrogen-bond acceptors (Lipinski definition) is 5. The third-order valence-electron chi connectivity index (χ3n) is 4.56. The van der Waals surface area contributed by atoms with E-state index in [2.05, 4.69) is 0 Å². The molecule has 136 valence electrons. The van der Waals surface area contributed by atoms with Gasteiger partial charge in [0.25, 0.3) is 0 Å². The number of carbonyl (C=O) groups excluding carboxylic acids is 1. The molecule has 0 spiro atoms. The maximum atomic E-state index is 12.3. The molecular weight excluding hydrogens is 332 g/mol. The fraction of sp³-hybridized carbons (Fsp3) is 0.286. The van der Waals surface area contributed by atoms with Gasteiger partial charge in [0.2, 0.25) is 0 Å². The molecule has 0 saturated carbocycles. The molecule has 2 aromatic rings. The predicted molar refractivity (Wildman–Crippen MR) is 99.2 cm³/mol. The Kier molecular flexibility index (Phi) is 5.00. The number of fused-ring (bicyclic) bond motifs is 2. The lowest BCUT2D eigenvalue weighted by atomic mass is 9.80. The molecule has 26 heavy (non-hydrogen) atoms. The first kappa shape index (κ1) is 18.0. The lowest BCUT2D eigenvalue weighted by Crippen LogP contribution is -2.32. The number of esters is 1. The van der Waals surface area contributed by atoms with E-state index in [1.807, 2.05) is 36.4 Å². The summed E-state index contributed by atoms with van der Waals surface area (Å²) in [7, 11) is 3.10. The highest BCUT2D eigenvalue weighted by Gasteiger charge is 2.39. The number of carbonyl (C=O) groups is 1. The van der Waals surface area contributed by atoms with Crippen molar-refractivity contribution in [1.82, 2.24) is 0 Å². The monoisotopic (exact) mass is 354 g/mol. The van der Waals surface area contributed by atoms with Gasteiger partial charge in [-0.15, -0.1) is 0 Å². The van der Waals surface area contributed by atoms with E-state index < -0.39 is 11.6 Å². The minimum absolute atomic E-state index is 0.192. The van der Waals surface area contributed by atoms with Crippen LogP contribution in [-0.2, 0) is 15.1 Å². The normalized spacial score (nSPS) is 17.7. The van der Waals surface area contributed by atoms with E-state index in [1.165, 1.54) is 7.11 Å². The van der Waals surface area contributed by atoms with Crippen LogP contribution in [0, 0.1) is 0 Å². The largest absolute Gasteiger partial charge is 0.493 e. The molecule has 0 heterocycles. The summed E-state index contributed by atoms with van der Waals surface area (Å²) in [6, 6.07) is 11.0. The standard InChI is InChI=1S/C21H22O5/c1-4-26-20(22)13-21(23)16-8-6-5-7-14(16)9-10-15-11-18(24-2)19(25-3)12-17(15)21/h5-12,23H,4,13H2,1-3H3. The van der Waals surface area contributed by atoms with Gasteiger partial charge >= 0.3 is 5.97 Å². The van der Waals surface area contributed by atoms with Crippen LogP contribution < -0.4 is 9.47 Å². The van der Waals surface area contributed by atoms with E-state index in [0.29, 0.717) is 22.6 Å². The Labute approximate surface area is 152 Å². The fourth-order valence-corrected chi connectivity index (χ4v) is 3.35. The molecule has 0 radical (unpaired) electrons.